The first-order valence-electron chi connectivity index (χ1n) is 9.30. The van der Waals surface area contributed by atoms with Crippen molar-refractivity contribution in [2.75, 3.05) is 5.32 Å². The van der Waals surface area contributed by atoms with Gasteiger partial charge in [0.15, 0.2) is 0 Å². The Morgan fingerprint density at radius 1 is 1.04 bits per heavy atom. The van der Waals surface area contributed by atoms with Crippen LogP contribution in [0.1, 0.15) is 43.4 Å². The van der Waals surface area contributed by atoms with Gasteiger partial charge in [-0.1, -0.05) is 62.0 Å². The summed E-state index contributed by atoms with van der Waals surface area (Å²) in [5, 5.41) is 15.4. The van der Waals surface area contributed by atoms with Gasteiger partial charge in [-0.05, 0) is 59.9 Å². The second-order valence-corrected chi connectivity index (χ2v) is 8.41. The number of thioether (sulfide) groups is 1. The highest BCUT2D eigenvalue weighted by Gasteiger charge is 2.21. The van der Waals surface area contributed by atoms with E-state index in [1.807, 2.05) is 63.2 Å². The highest BCUT2D eigenvalue weighted by Crippen LogP contribution is 2.28. The molecule has 7 heteroatoms. The fourth-order valence-corrected chi connectivity index (χ4v) is 3.89. The molecule has 1 amide bonds. The van der Waals surface area contributed by atoms with Gasteiger partial charge in [0, 0.05) is 5.69 Å². The van der Waals surface area contributed by atoms with E-state index < -0.39 is 0 Å². The molecule has 0 saturated heterocycles. The molecule has 0 fully saturated rings. The van der Waals surface area contributed by atoms with Crippen molar-refractivity contribution < 1.29 is 4.79 Å². The molecule has 1 aromatic heterocycles. The Labute approximate surface area is 169 Å². The summed E-state index contributed by atoms with van der Waals surface area (Å²) in [5.41, 5.74) is 5.08. The molecule has 1 N–H and O–H groups in total. The minimum absolute atomic E-state index is 0.0749. The number of nitrogens with zero attached hydrogens (tertiary/aromatic N) is 4. The number of aryl methyl sites for hydroxylation is 2. The van der Waals surface area contributed by atoms with E-state index in [0.29, 0.717) is 11.1 Å². The average Bonchev–Trinajstić information content (AvgIpc) is 3.09. The molecule has 0 bridgehead atoms. The summed E-state index contributed by atoms with van der Waals surface area (Å²) < 4.78 is 1.71. The fourth-order valence-electron chi connectivity index (χ4n) is 3.09. The van der Waals surface area contributed by atoms with Crippen LogP contribution in [0.15, 0.2) is 47.6 Å². The molecule has 1 heterocycles. The molecule has 28 heavy (non-hydrogen) atoms. The second kappa shape index (κ2) is 8.56. The molecular weight excluding hydrogens is 370 g/mol. The largest absolute Gasteiger partial charge is 0.325 e. The highest BCUT2D eigenvalue weighted by molar-refractivity contribution is 8.00. The third-order valence-corrected chi connectivity index (χ3v) is 5.62. The Kier molecular flexibility index (Phi) is 6.14. The van der Waals surface area contributed by atoms with E-state index in [1.54, 1.807) is 4.68 Å². The van der Waals surface area contributed by atoms with Crippen LogP contribution in [0, 0.1) is 13.8 Å². The van der Waals surface area contributed by atoms with Gasteiger partial charge < -0.3 is 5.32 Å². The first kappa shape index (κ1) is 20.1. The molecule has 6 nitrogen and oxygen atoms in total. The zero-order valence-electron chi connectivity index (χ0n) is 16.8. The lowest BCUT2D eigenvalue weighted by atomic mass is 10.0. The van der Waals surface area contributed by atoms with Crippen molar-refractivity contribution in [3.05, 3.63) is 59.2 Å². The first-order chi connectivity index (χ1) is 13.4. The number of nitrogens with one attached hydrogen (secondary N) is 1. The molecule has 3 aromatic rings. The van der Waals surface area contributed by atoms with Crippen molar-refractivity contribution in [1.82, 2.24) is 20.2 Å². The smallest absolute Gasteiger partial charge is 0.237 e. The Balaban J connectivity index is 1.79. The summed E-state index contributed by atoms with van der Waals surface area (Å²) in [6, 6.07) is 14.0. The van der Waals surface area contributed by atoms with Crippen LogP contribution in [0.4, 0.5) is 5.69 Å². The molecule has 0 radical (unpaired) electrons. The van der Waals surface area contributed by atoms with Gasteiger partial charge in [-0.25, -0.2) is 0 Å². The van der Waals surface area contributed by atoms with Gasteiger partial charge in [0.25, 0.3) is 0 Å². The maximum absolute atomic E-state index is 12.8. The second-order valence-electron chi connectivity index (χ2n) is 7.10. The Morgan fingerprint density at radius 2 is 1.71 bits per heavy atom. The lowest BCUT2D eigenvalue weighted by Crippen LogP contribution is -2.23. The molecular formula is C21H25N5OS. The molecule has 3 rings (SSSR count). The van der Waals surface area contributed by atoms with E-state index in [1.165, 1.54) is 11.8 Å². The Bertz CT molecular complexity index is 962. The number of aromatic nitrogens is 4. The molecule has 0 unspecified atom stereocenters. The third-order valence-electron chi connectivity index (χ3n) is 4.58. The molecule has 0 spiro atoms. The highest BCUT2D eigenvalue weighted by atomic mass is 32.2. The summed E-state index contributed by atoms with van der Waals surface area (Å²) in [4.78, 5) is 12.8. The lowest BCUT2D eigenvalue weighted by molar-refractivity contribution is -0.115. The third kappa shape index (κ3) is 4.25. The number of hydrogen-bond acceptors (Lipinski definition) is 5. The molecule has 0 aliphatic rings. The number of carbonyl (C=O) groups excluding carboxylic acids is 1. The topological polar surface area (TPSA) is 72.7 Å². The van der Waals surface area contributed by atoms with Gasteiger partial charge in [-0.3, -0.25) is 4.79 Å². The first-order valence-corrected chi connectivity index (χ1v) is 10.2. The van der Waals surface area contributed by atoms with Crippen molar-refractivity contribution in [2.24, 2.45) is 0 Å². The van der Waals surface area contributed by atoms with E-state index in [9.17, 15) is 4.79 Å². The zero-order valence-corrected chi connectivity index (χ0v) is 17.6. The number of para-hydroxylation sites is 2. The Morgan fingerprint density at radius 3 is 2.39 bits per heavy atom. The van der Waals surface area contributed by atoms with Crippen LogP contribution in [-0.2, 0) is 4.79 Å². The number of rotatable bonds is 6. The molecule has 2 aromatic carbocycles. The summed E-state index contributed by atoms with van der Waals surface area (Å²) in [7, 11) is 0. The van der Waals surface area contributed by atoms with Gasteiger partial charge >= 0.3 is 0 Å². The van der Waals surface area contributed by atoms with Crippen molar-refractivity contribution >= 4 is 23.4 Å². The van der Waals surface area contributed by atoms with Gasteiger partial charge in [-0.15, -0.1) is 5.10 Å². The number of hydrogen-bond donors (Lipinski definition) is 1. The predicted octanol–water partition coefficient (Wildman–Crippen LogP) is 4.52. The number of amides is 1. The maximum atomic E-state index is 12.8. The van der Waals surface area contributed by atoms with Crippen molar-refractivity contribution in [3.8, 4) is 5.69 Å². The Hall–Kier alpha value is -2.67. The normalized spacial score (nSPS) is 12.2. The summed E-state index contributed by atoms with van der Waals surface area (Å²) in [6.07, 6.45) is 0. The number of carbonyl (C=O) groups is 1. The van der Waals surface area contributed by atoms with Crippen LogP contribution < -0.4 is 5.32 Å². The predicted molar refractivity (Wildman–Crippen MR) is 113 cm³/mol. The minimum Gasteiger partial charge on any atom is -0.325 e. The van der Waals surface area contributed by atoms with Gasteiger partial charge in [0.2, 0.25) is 11.1 Å². The van der Waals surface area contributed by atoms with Crippen molar-refractivity contribution in [2.45, 2.75) is 50.9 Å². The van der Waals surface area contributed by atoms with E-state index in [4.69, 9.17) is 0 Å². The van der Waals surface area contributed by atoms with E-state index in [-0.39, 0.29) is 11.2 Å². The minimum atomic E-state index is -0.353. The number of benzene rings is 2. The summed E-state index contributed by atoms with van der Waals surface area (Å²) in [6.45, 7) is 10.1. The van der Waals surface area contributed by atoms with Crippen LogP contribution in [0.3, 0.4) is 0 Å². The monoisotopic (exact) mass is 395 g/mol. The maximum Gasteiger partial charge on any atom is 0.237 e. The van der Waals surface area contributed by atoms with Crippen LogP contribution in [0.5, 0.6) is 0 Å². The number of tetrazole rings is 1. The summed E-state index contributed by atoms with van der Waals surface area (Å²) >= 11 is 1.35. The molecule has 0 saturated carbocycles. The molecule has 0 aliphatic heterocycles. The van der Waals surface area contributed by atoms with Crippen LogP contribution in [0.2, 0.25) is 0 Å². The zero-order chi connectivity index (χ0) is 20.3. The van der Waals surface area contributed by atoms with Crippen LogP contribution >= 0.6 is 11.8 Å². The molecule has 1 atom stereocenters. The van der Waals surface area contributed by atoms with E-state index in [2.05, 4.69) is 34.7 Å². The van der Waals surface area contributed by atoms with Crippen LogP contribution in [0.25, 0.3) is 5.69 Å². The van der Waals surface area contributed by atoms with Crippen molar-refractivity contribution in [3.63, 3.8) is 0 Å². The SMILES string of the molecule is Cc1cccc(C)c1-n1nnnc1S[C@H](C)C(=O)Nc1ccccc1C(C)C. The van der Waals surface area contributed by atoms with Crippen molar-refractivity contribution in [1.29, 1.82) is 0 Å². The fraction of sp³-hybridized carbons (Fsp3) is 0.333. The van der Waals surface area contributed by atoms with E-state index >= 15 is 0 Å². The number of anilines is 1. The summed E-state index contributed by atoms with van der Waals surface area (Å²) in [5.74, 6) is 0.255. The molecule has 0 aliphatic carbocycles. The lowest BCUT2D eigenvalue weighted by Gasteiger charge is -2.16. The standard InChI is InChI=1S/C21H25N5OS/c1-13(2)17-11-6-7-12-18(17)22-20(27)16(5)28-21-23-24-25-26(21)19-14(3)9-8-10-15(19)4/h6-13,16H,1-5H3,(H,22,27)/t16-/m1/s1. The van der Waals surface area contributed by atoms with Gasteiger partial charge in [0.1, 0.15) is 0 Å². The van der Waals surface area contributed by atoms with E-state index in [0.717, 1.165) is 28.1 Å². The van der Waals surface area contributed by atoms with Gasteiger partial charge in [-0.2, -0.15) is 4.68 Å². The quantitative estimate of drug-likeness (QED) is 0.621. The average molecular weight is 396 g/mol. The van der Waals surface area contributed by atoms with Gasteiger partial charge in [0.05, 0.1) is 10.9 Å². The van der Waals surface area contributed by atoms with Crippen LogP contribution in [-0.4, -0.2) is 31.4 Å². The molecule has 146 valence electrons.